The molecule has 6 heteroatoms. The molecule has 0 saturated carbocycles. The summed E-state index contributed by atoms with van der Waals surface area (Å²) in [5, 5.41) is 12.4. The molecule has 0 N–H and O–H groups in total. The van der Waals surface area contributed by atoms with Crippen LogP contribution in [0.25, 0.3) is 0 Å². The summed E-state index contributed by atoms with van der Waals surface area (Å²) in [6.07, 6.45) is 0. The molecule has 18 heavy (non-hydrogen) atoms. The van der Waals surface area contributed by atoms with Crippen molar-refractivity contribution < 1.29 is 4.92 Å². The fourth-order valence-electron chi connectivity index (χ4n) is 1.43. The lowest BCUT2D eigenvalue weighted by Gasteiger charge is -2.11. The quantitative estimate of drug-likeness (QED) is 0.459. The Bertz CT molecular complexity index is 417. The van der Waals surface area contributed by atoms with Gasteiger partial charge in [0.1, 0.15) is 0 Å². The maximum absolute atomic E-state index is 11.3. The van der Waals surface area contributed by atoms with Crippen molar-refractivity contribution in [3.63, 3.8) is 0 Å². The van der Waals surface area contributed by atoms with Gasteiger partial charge in [0.15, 0.2) is 5.03 Å². The maximum Gasteiger partial charge on any atom is 0.314 e. The van der Waals surface area contributed by atoms with Crippen LogP contribution in [0.15, 0.2) is 16.0 Å². The monoisotopic (exact) mass is 286 g/mol. The van der Waals surface area contributed by atoms with Crippen LogP contribution in [-0.4, -0.2) is 20.4 Å². The molecule has 0 spiro atoms. The first-order valence-electron chi connectivity index (χ1n) is 5.80. The lowest BCUT2D eigenvalue weighted by Crippen LogP contribution is -2.01. The van der Waals surface area contributed by atoms with Gasteiger partial charge in [-0.1, -0.05) is 39.5 Å². The average molecular weight is 286 g/mol. The van der Waals surface area contributed by atoms with Gasteiger partial charge in [-0.3, -0.25) is 10.1 Å². The molecule has 0 aliphatic heterocycles. The van der Waals surface area contributed by atoms with Gasteiger partial charge in [-0.05, 0) is 13.0 Å². The molecular formula is C12H18N2O2S2. The molecule has 0 fully saturated rings. The smallest absolute Gasteiger partial charge is 0.258 e. The second-order valence-electron chi connectivity index (χ2n) is 4.51. The molecule has 4 nitrogen and oxygen atoms in total. The normalized spacial score (nSPS) is 11.3. The summed E-state index contributed by atoms with van der Waals surface area (Å²) in [7, 11) is 0. The molecule has 0 atom stereocenters. The van der Waals surface area contributed by atoms with E-state index in [0.29, 0.717) is 15.2 Å². The second kappa shape index (κ2) is 6.43. The summed E-state index contributed by atoms with van der Waals surface area (Å²) in [5.74, 6) is 0. The third-order valence-corrected chi connectivity index (χ3v) is 3.96. The van der Waals surface area contributed by atoms with Crippen molar-refractivity contribution in [1.82, 2.24) is 4.98 Å². The van der Waals surface area contributed by atoms with E-state index in [-0.39, 0.29) is 15.9 Å². The molecule has 0 aliphatic carbocycles. The van der Waals surface area contributed by atoms with Crippen LogP contribution in [0.2, 0.25) is 0 Å². The first-order valence-corrected chi connectivity index (χ1v) is 7.56. The van der Waals surface area contributed by atoms with Crippen LogP contribution in [0.1, 0.15) is 33.4 Å². The Hall–Kier alpha value is -0.750. The van der Waals surface area contributed by atoms with Crippen LogP contribution in [0, 0.1) is 17.0 Å². The number of aryl methyl sites for hydroxylation is 1. The molecular weight excluding hydrogens is 268 g/mol. The fourth-order valence-corrected chi connectivity index (χ4v) is 3.46. The molecule has 1 aromatic rings. The molecule has 0 unspecified atom stereocenters. The van der Waals surface area contributed by atoms with Gasteiger partial charge < -0.3 is 0 Å². The molecule has 100 valence electrons. The van der Waals surface area contributed by atoms with Gasteiger partial charge in [0, 0.05) is 16.2 Å². The van der Waals surface area contributed by atoms with Crippen LogP contribution in [-0.2, 0) is 0 Å². The predicted octanol–water partition coefficient (Wildman–Crippen LogP) is 4.30. The molecule has 0 bridgehead atoms. The van der Waals surface area contributed by atoms with Crippen LogP contribution in [0.3, 0.4) is 0 Å². The molecule has 0 aromatic carbocycles. The number of pyridine rings is 1. The Morgan fingerprint density at radius 2 is 1.78 bits per heavy atom. The Balaban J connectivity index is 3.31. The van der Waals surface area contributed by atoms with Gasteiger partial charge in [0.25, 0.3) is 0 Å². The maximum atomic E-state index is 11.3. The summed E-state index contributed by atoms with van der Waals surface area (Å²) in [6, 6.07) is 1.80. The van der Waals surface area contributed by atoms with Gasteiger partial charge >= 0.3 is 5.69 Å². The average Bonchev–Trinajstić information content (AvgIpc) is 2.12. The van der Waals surface area contributed by atoms with Crippen LogP contribution in [0.4, 0.5) is 5.69 Å². The van der Waals surface area contributed by atoms with E-state index in [2.05, 4.69) is 4.98 Å². The Morgan fingerprint density at radius 1 is 1.22 bits per heavy atom. The van der Waals surface area contributed by atoms with Crippen molar-refractivity contribution in [2.45, 2.75) is 55.0 Å². The minimum Gasteiger partial charge on any atom is -0.258 e. The van der Waals surface area contributed by atoms with E-state index in [4.69, 9.17) is 0 Å². The zero-order valence-electron chi connectivity index (χ0n) is 11.3. The highest BCUT2D eigenvalue weighted by Crippen LogP contribution is 2.39. The molecule has 1 heterocycles. The van der Waals surface area contributed by atoms with Crippen molar-refractivity contribution in [2.75, 3.05) is 0 Å². The van der Waals surface area contributed by atoms with Crippen LogP contribution >= 0.6 is 23.5 Å². The first kappa shape index (κ1) is 15.3. The number of hydrogen-bond acceptors (Lipinski definition) is 5. The van der Waals surface area contributed by atoms with E-state index < -0.39 is 0 Å². The number of aromatic nitrogens is 1. The van der Waals surface area contributed by atoms with Gasteiger partial charge in [0.05, 0.1) is 9.82 Å². The second-order valence-corrected chi connectivity index (χ2v) is 7.69. The summed E-state index contributed by atoms with van der Waals surface area (Å²) < 4.78 is 0. The lowest BCUT2D eigenvalue weighted by molar-refractivity contribution is -0.391. The number of nitro groups is 1. The van der Waals surface area contributed by atoms with Crippen molar-refractivity contribution in [3.05, 3.63) is 21.9 Å². The predicted molar refractivity (Wildman–Crippen MR) is 77.6 cm³/mol. The zero-order chi connectivity index (χ0) is 13.9. The highest BCUT2D eigenvalue weighted by Gasteiger charge is 2.24. The Kier molecular flexibility index (Phi) is 5.47. The van der Waals surface area contributed by atoms with E-state index in [1.807, 2.05) is 34.6 Å². The van der Waals surface area contributed by atoms with Gasteiger partial charge in [-0.25, -0.2) is 4.98 Å². The van der Waals surface area contributed by atoms with Crippen molar-refractivity contribution >= 4 is 29.2 Å². The topological polar surface area (TPSA) is 56.0 Å². The van der Waals surface area contributed by atoms with Gasteiger partial charge in [-0.2, -0.15) is 0 Å². The fraction of sp³-hybridized carbons (Fsp3) is 0.583. The number of thioether (sulfide) groups is 2. The SMILES string of the molecule is Cc1cc(SC(C)C)c([N+](=O)[O-])c(SC(C)C)n1. The molecule has 0 amide bonds. The van der Waals surface area contributed by atoms with E-state index in [1.54, 1.807) is 6.07 Å². The number of rotatable bonds is 5. The van der Waals surface area contributed by atoms with Crippen molar-refractivity contribution in [1.29, 1.82) is 0 Å². The number of hydrogen-bond donors (Lipinski definition) is 0. The van der Waals surface area contributed by atoms with Crippen LogP contribution < -0.4 is 0 Å². The van der Waals surface area contributed by atoms with E-state index in [1.165, 1.54) is 23.5 Å². The molecule has 0 saturated heterocycles. The molecule has 0 aliphatic rings. The summed E-state index contributed by atoms with van der Waals surface area (Å²) in [5.41, 5.74) is 0.977. The van der Waals surface area contributed by atoms with E-state index in [9.17, 15) is 10.1 Å². The first-order chi connectivity index (χ1) is 8.31. The number of nitrogens with zero attached hydrogens (tertiary/aromatic N) is 2. The summed E-state index contributed by atoms with van der Waals surface area (Å²) in [4.78, 5) is 16.0. The van der Waals surface area contributed by atoms with E-state index >= 15 is 0 Å². The molecule has 1 rings (SSSR count). The molecule has 0 radical (unpaired) electrons. The summed E-state index contributed by atoms with van der Waals surface area (Å²) in [6.45, 7) is 9.94. The lowest BCUT2D eigenvalue weighted by atomic mass is 10.3. The standard InChI is InChI=1S/C12H18N2O2S2/c1-7(2)17-10-6-9(5)13-12(18-8(3)4)11(10)14(15)16/h6-8H,1-5H3. The highest BCUT2D eigenvalue weighted by molar-refractivity contribution is 8.00. The third-order valence-electron chi connectivity index (χ3n) is 1.95. The Morgan fingerprint density at radius 3 is 2.22 bits per heavy atom. The van der Waals surface area contributed by atoms with Gasteiger partial charge in [-0.15, -0.1) is 11.8 Å². The van der Waals surface area contributed by atoms with Crippen LogP contribution in [0.5, 0.6) is 0 Å². The Labute approximate surface area is 116 Å². The van der Waals surface area contributed by atoms with Gasteiger partial charge in [0.2, 0.25) is 0 Å². The summed E-state index contributed by atoms with van der Waals surface area (Å²) >= 11 is 2.96. The third kappa shape index (κ3) is 4.17. The minimum atomic E-state index is -0.318. The minimum absolute atomic E-state index is 0.151. The highest BCUT2D eigenvalue weighted by atomic mass is 32.2. The molecule has 1 aromatic heterocycles. The largest absolute Gasteiger partial charge is 0.314 e. The van der Waals surface area contributed by atoms with Crippen molar-refractivity contribution in [3.8, 4) is 0 Å². The van der Waals surface area contributed by atoms with E-state index in [0.717, 1.165) is 5.69 Å². The zero-order valence-corrected chi connectivity index (χ0v) is 12.9. The van der Waals surface area contributed by atoms with Crippen molar-refractivity contribution in [2.24, 2.45) is 0 Å².